The van der Waals surface area contributed by atoms with Gasteiger partial charge in [-0.3, -0.25) is 128 Å². The van der Waals surface area contributed by atoms with Gasteiger partial charge in [-0.25, -0.2) is 13.7 Å². The lowest BCUT2D eigenvalue weighted by atomic mass is 10.7. The van der Waals surface area contributed by atoms with Crippen molar-refractivity contribution in [1.82, 2.24) is 9.67 Å². The Morgan fingerprint density at radius 1 is 0.278 bits per heavy atom. The third-order valence-corrected chi connectivity index (χ3v) is 390. The van der Waals surface area contributed by atoms with E-state index in [1.54, 1.807) is 0 Å². The highest BCUT2D eigenvalue weighted by molar-refractivity contribution is 9.35. The summed E-state index contributed by atoms with van der Waals surface area (Å²) in [5.41, 5.74) is 30.0. The first-order chi connectivity index (χ1) is 52.3. The number of rotatable bonds is 72. The van der Waals surface area contributed by atoms with Crippen LogP contribution in [0.15, 0.2) is 15.3 Å². The van der Waals surface area contributed by atoms with Crippen molar-refractivity contribution in [3.63, 3.8) is 0 Å². The van der Waals surface area contributed by atoms with E-state index in [4.69, 9.17) is 9.25 Å². The van der Waals surface area contributed by atoms with E-state index >= 15 is 0 Å². The normalized spacial score (nSPS) is 21.4. The average molecular weight is 2600 g/mol. The Morgan fingerprint density at radius 2 is 0.491 bits per heavy atom. The zero-order valence-corrected chi connectivity index (χ0v) is 104. The summed E-state index contributed by atoms with van der Waals surface area (Å²) in [4.78, 5) is 8.44. The molecule has 108 heavy (non-hydrogen) atoms. The van der Waals surface area contributed by atoms with Crippen molar-refractivity contribution in [3.8, 4) is 0 Å². The number of hydrogen-bond donors (Lipinski definition) is 0. The Morgan fingerprint density at radius 3 is 0.676 bits per heavy atom. The van der Waals surface area contributed by atoms with Crippen molar-refractivity contribution in [2.75, 3.05) is 38.1 Å². The summed E-state index contributed by atoms with van der Waals surface area (Å²) in [6, 6.07) is 0. The zero-order chi connectivity index (χ0) is 81.8. The minimum Gasteiger partial charge on any atom is -0.270 e. The van der Waals surface area contributed by atoms with Gasteiger partial charge in [0.25, 0.3) is 0 Å². The molecule has 101 heteroatoms. The maximum Gasteiger partial charge on any atom is 0.198 e. The molecule has 0 bridgehead atoms. The summed E-state index contributed by atoms with van der Waals surface area (Å²) >= 11 is 0. The Bertz CT molecular complexity index is 3140. The van der Waals surface area contributed by atoms with Crippen LogP contribution in [0.3, 0.4) is 0 Å². The maximum absolute atomic E-state index is 14.7. The molecule has 0 radical (unpaired) electrons. The highest BCUT2D eigenvalue weighted by Gasteiger charge is 2.58. The molecular formula is C7H19N11O30P60. The molecule has 41 nitrogen and oxygen atoms in total. The van der Waals surface area contributed by atoms with Crippen molar-refractivity contribution >= 4 is 459 Å². The molecule has 0 aromatic rings. The van der Waals surface area contributed by atoms with Crippen molar-refractivity contribution in [3.05, 3.63) is 31.3 Å². The van der Waals surface area contributed by atoms with Crippen LogP contribution in [0.4, 0.5) is 0 Å². The van der Waals surface area contributed by atoms with E-state index in [1.807, 2.05) is 0 Å². The second kappa shape index (κ2) is 77.7. The second-order valence-corrected chi connectivity index (χ2v) is 224. The van der Waals surface area contributed by atoms with Crippen molar-refractivity contribution < 1.29 is 137 Å². The summed E-state index contributed by atoms with van der Waals surface area (Å²) in [6.07, 6.45) is -2.89. The number of hydrogen-bond acceptors (Lipinski definition) is 35. The van der Waals surface area contributed by atoms with Gasteiger partial charge >= 0.3 is 0 Å². The van der Waals surface area contributed by atoms with E-state index in [1.165, 1.54) is 11.4 Å². The molecule has 0 saturated carbocycles. The highest BCUT2D eigenvalue weighted by Crippen LogP contribution is 3.33. The van der Waals surface area contributed by atoms with Crippen LogP contribution in [0.2, 0.25) is 0 Å². The molecule has 0 spiro atoms. The van der Waals surface area contributed by atoms with Crippen molar-refractivity contribution in [2.24, 2.45) is 15.3 Å². The minimum atomic E-state index is -3.33. The van der Waals surface area contributed by atoms with Gasteiger partial charge in [0.1, 0.15) is 0 Å². The Labute approximate surface area is 689 Å². The second-order valence-electron chi connectivity index (χ2n) is 13.4. The van der Waals surface area contributed by atoms with Crippen LogP contribution >= 0.6 is 459 Å². The van der Waals surface area contributed by atoms with Gasteiger partial charge in [-0.05, 0) is 22.8 Å². The van der Waals surface area contributed by atoms with Crippen molar-refractivity contribution in [1.29, 1.82) is 0 Å². The summed E-state index contributed by atoms with van der Waals surface area (Å²) in [6.45, 7) is -65.1. The first kappa shape index (κ1) is 122. The molecule has 582 valence electrons. The lowest BCUT2D eigenvalue weighted by Crippen LogP contribution is -2.29. The highest BCUT2D eigenvalue weighted by atomic mass is 33.4. The number of azide groups is 3. The molecule has 0 fully saturated rings. The lowest BCUT2D eigenvalue weighted by molar-refractivity contribution is -0.243. The van der Waals surface area contributed by atoms with Gasteiger partial charge in [0.15, 0.2) is 228 Å². The zero-order valence-electron chi connectivity index (χ0n) is 49.5. The van der Waals surface area contributed by atoms with Crippen molar-refractivity contribution in [2.45, 2.75) is 6.92 Å². The van der Waals surface area contributed by atoms with E-state index in [0.29, 0.717) is 5.23 Å². The Hall–Kier alpha value is 14.3. The lowest BCUT2D eigenvalue weighted by Gasteiger charge is -2.42. The van der Waals surface area contributed by atoms with E-state index in [9.17, 15) is 144 Å². The molecule has 0 saturated heterocycles. The van der Waals surface area contributed by atoms with E-state index in [0.717, 1.165) is 0 Å². The van der Waals surface area contributed by atoms with E-state index < -0.39 is 491 Å². The molecule has 0 aromatic heterocycles. The largest absolute Gasteiger partial charge is 0.270 e. The van der Waals surface area contributed by atoms with Gasteiger partial charge in [-0.15, -0.1) is 0 Å². The molecule has 0 aliphatic carbocycles. The molecule has 0 aromatic carbocycles. The van der Waals surface area contributed by atoms with Gasteiger partial charge in [0.2, 0.25) is 0 Å². The van der Waals surface area contributed by atoms with Crippen LogP contribution in [0.25, 0.3) is 31.3 Å². The van der Waals surface area contributed by atoms with E-state index in [-0.39, 0.29) is 6.16 Å². The maximum atomic E-state index is 14.7. The van der Waals surface area contributed by atoms with Crippen LogP contribution in [0, 0.1) is 0 Å². The van der Waals surface area contributed by atoms with Gasteiger partial charge in [-0.1, -0.05) is 27.5 Å². The minimum absolute atomic E-state index is 0.0301. The summed E-state index contributed by atoms with van der Waals surface area (Å²) in [5, 5.41) is 11.4. The number of hydroxylamine groups is 2. The summed E-state index contributed by atoms with van der Waals surface area (Å²) in [5.74, 6) is 0. The van der Waals surface area contributed by atoms with E-state index in [2.05, 4.69) is 30.1 Å². The van der Waals surface area contributed by atoms with Crippen LogP contribution in [-0.4, -0.2) is 47.8 Å². The molecule has 0 heterocycles. The van der Waals surface area contributed by atoms with Gasteiger partial charge < -0.3 is 0 Å². The molecule has 0 aliphatic heterocycles. The monoisotopic (exact) mass is 2600 g/mol. The number of nitrogens with zero attached hydrogens (tertiary/aromatic N) is 11. The fraction of sp³-hybridized carbons (Fsp3) is 1.00. The third kappa shape index (κ3) is 40.6. The van der Waals surface area contributed by atoms with Gasteiger partial charge in [-0.2, -0.15) is 0 Å². The quantitative estimate of drug-likeness (QED) is 0.0179. The Balaban J connectivity index is 11.0. The molecule has 32 atom stereocenters. The average Bonchev–Trinajstić information content (AvgIpc) is 0.781. The molecule has 32 unspecified atom stereocenters. The first-order valence-electron chi connectivity index (χ1n) is 22.9. The summed E-state index contributed by atoms with van der Waals surface area (Å²) in [7, 11) is -39.5. The molecule has 0 amide bonds. The Kier molecular flexibility index (Phi) is 88.1. The predicted octanol–water partition coefficient (Wildman–Crippen LogP) is 49.6. The molecule has 0 N–H and O–H groups in total. The summed E-state index contributed by atoms with van der Waals surface area (Å²) < 4.78 is 392. The van der Waals surface area contributed by atoms with Crippen LogP contribution < -0.4 is 0 Å². The molecule has 0 aliphatic rings. The fourth-order valence-corrected chi connectivity index (χ4v) is 560. The molecular weight excluding hydrogens is 2580 g/mol. The fourth-order valence-electron chi connectivity index (χ4n) is 5.21. The van der Waals surface area contributed by atoms with Crippen LogP contribution in [-0.2, 0) is 137 Å². The van der Waals surface area contributed by atoms with Crippen LogP contribution in [0.1, 0.15) is 6.92 Å². The standard InChI is InChI=1S/C7H19N11O30P60/c1-2-81(53-23)18(82(54-24)5-11-14-8)4-3-17(47-83(6-12-15-9)107(103(73-43)99(69-39)95(65-35)91(61-31)87(57-27)79-51-21)105(75-45)101(71-41)97(67-37)93(63-33)89(59-29)85(55-25)77-49-19)48-84(7-13-16-10)108(104(74-44)100(70-40)96(66-36)92(62-32)88(58-28)80-52-22)106(76-46)102(72-42)98(68-38)94(64-34)90(60-30)86(56-26)78-50-20/h77-80H,2-7H2,1H3. The SMILES string of the molecule is CCP(P=O)N(CCN(OP(CN=[N+]=[N-])P(P(P=O)P(P=O)P(P=O)P(P=O)P(P=O)PP=O)P(P=O)P(P=O)P(P=O)P(P=O)P(P=O)P(P=O)PP=O)OP(CN=[N+]=[N-])P(P(P=O)P(P=O)P(P=O)P(P=O)P(P=O)PP=O)P(P=O)P(P=O)P(P=O)P(P=O)P(P=O)P(P=O)PP=O)P(CN=[N+]=[N-])P=O. The van der Waals surface area contributed by atoms with Gasteiger partial charge in [0, 0.05) is 67.1 Å². The third-order valence-electron chi connectivity index (χ3n) is 8.71. The predicted molar refractivity (Wildman–Crippen MR) is 508 cm³/mol. The topological polar surface area (TPSA) is 649 Å². The first-order valence-corrected chi connectivity index (χ1v) is 128. The van der Waals surface area contributed by atoms with Gasteiger partial charge in [0.05, 0.1) is 210 Å². The molecule has 0 rings (SSSR count). The smallest absolute Gasteiger partial charge is 0.198 e. The van der Waals surface area contributed by atoms with Crippen LogP contribution in [0.5, 0.6) is 0 Å².